The number of sulfonamides is 1. The Labute approximate surface area is 203 Å². The van der Waals surface area contributed by atoms with E-state index in [9.17, 15) is 18.0 Å². The maximum Gasteiger partial charge on any atom is 0.243 e. The average Bonchev–Trinajstić information content (AvgIpc) is 2.82. The summed E-state index contributed by atoms with van der Waals surface area (Å²) in [5.74, 6) is -0.0540. The summed E-state index contributed by atoms with van der Waals surface area (Å²) in [6, 6.07) is 5.38. The average molecular weight is 495 g/mol. The molecule has 9 nitrogen and oxygen atoms in total. The molecule has 0 aliphatic carbocycles. The van der Waals surface area contributed by atoms with Crippen molar-refractivity contribution in [3.8, 4) is 0 Å². The van der Waals surface area contributed by atoms with E-state index in [-0.39, 0.29) is 17.7 Å². The fraction of sp³-hybridized carbons (Fsp3) is 0.667. The summed E-state index contributed by atoms with van der Waals surface area (Å²) in [6.45, 7) is 8.55. The lowest BCUT2D eigenvalue weighted by molar-refractivity contribution is -0.138. The van der Waals surface area contributed by atoms with Gasteiger partial charge in [0.1, 0.15) is 0 Å². The van der Waals surface area contributed by atoms with Crippen LogP contribution in [0.3, 0.4) is 0 Å². The summed E-state index contributed by atoms with van der Waals surface area (Å²) in [5, 5.41) is 2.89. The first-order valence-electron chi connectivity index (χ1n) is 12.1. The minimum atomic E-state index is -3.56. The van der Waals surface area contributed by atoms with Crippen molar-refractivity contribution in [3.05, 3.63) is 29.3 Å². The molecule has 2 heterocycles. The molecule has 2 amide bonds. The highest BCUT2D eigenvalue weighted by Crippen LogP contribution is 2.27. The first-order chi connectivity index (χ1) is 16.2. The number of carbonyl (C=O) groups excluding carboxylic acids is 2. The third-order valence-corrected chi connectivity index (χ3v) is 8.71. The van der Waals surface area contributed by atoms with Gasteiger partial charge in [0.15, 0.2) is 0 Å². The Hall–Kier alpha value is -2.01. The van der Waals surface area contributed by atoms with Gasteiger partial charge in [-0.3, -0.25) is 14.5 Å². The number of amides is 2. The van der Waals surface area contributed by atoms with Gasteiger partial charge in [-0.25, -0.2) is 8.42 Å². The molecule has 0 atom stereocenters. The number of ether oxygens (including phenoxy) is 1. The minimum absolute atomic E-state index is 0.00623. The Morgan fingerprint density at radius 3 is 2.35 bits per heavy atom. The maximum atomic E-state index is 13.1. The lowest BCUT2D eigenvalue weighted by Gasteiger charge is -2.38. The molecule has 1 aromatic carbocycles. The van der Waals surface area contributed by atoms with Crippen molar-refractivity contribution in [3.63, 3.8) is 0 Å². The van der Waals surface area contributed by atoms with Crippen LogP contribution in [0.2, 0.25) is 0 Å². The van der Waals surface area contributed by atoms with Gasteiger partial charge in [0.05, 0.1) is 11.4 Å². The molecule has 0 saturated carbocycles. The first kappa shape index (κ1) is 26.6. The molecule has 0 unspecified atom stereocenters. The number of piperazine rings is 1. The van der Waals surface area contributed by atoms with Gasteiger partial charge in [-0.05, 0) is 44.7 Å². The molecule has 1 N–H and O–H groups in total. The Bertz CT molecular complexity index is 952. The lowest BCUT2D eigenvalue weighted by atomic mass is 9.96. The molecule has 10 heteroatoms. The van der Waals surface area contributed by atoms with Gasteiger partial charge in [0, 0.05) is 65.4 Å². The van der Waals surface area contributed by atoms with Gasteiger partial charge in [-0.2, -0.15) is 4.31 Å². The van der Waals surface area contributed by atoms with Crippen molar-refractivity contribution in [2.24, 2.45) is 5.92 Å². The van der Waals surface area contributed by atoms with Crippen LogP contribution in [0, 0.1) is 19.8 Å². The lowest BCUT2D eigenvalue weighted by Crippen LogP contribution is -2.53. The van der Waals surface area contributed by atoms with Crippen LogP contribution in [0.5, 0.6) is 0 Å². The van der Waals surface area contributed by atoms with E-state index in [0.29, 0.717) is 76.7 Å². The molecule has 0 aromatic heterocycles. The van der Waals surface area contributed by atoms with Crippen LogP contribution in [0.1, 0.15) is 30.4 Å². The smallest absolute Gasteiger partial charge is 0.243 e. The molecule has 0 spiro atoms. The largest absolute Gasteiger partial charge is 0.385 e. The maximum absolute atomic E-state index is 13.1. The zero-order valence-corrected chi connectivity index (χ0v) is 21.4. The summed E-state index contributed by atoms with van der Waals surface area (Å²) in [4.78, 5) is 29.4. The fourth-order valence-electron chi connectivity index (χ4n) is 4.66. The summed E-state index contributed by atoms with van der Waals surface area (Å²) < 4.78 is 32.7. The van der Waals surface area contributed by atoms with E-state index < -0.39 is 10.0 Å². The van der Waals surface area contributed by atoms with Crippen molar-refractivity contribution in [2.75, 3.05) is 66.1 Å². The number of hydrogen-bond acceptors (Lipinski definition) is 6. The van der Waals surface area contributed by atoms with Gasteiger partial charge < -0.3 is 15.0 Å². The number of rotatable bonds is 9. The molecule has 34 heavy (non-hydrogen) atoms. The van der Waals surface area contributed by atoms with Gasteiger partial charge in [-0.1, -0.05) is 17.7 Å². The van der Waals surface area contributed by atoms with E-state index in [1.807, 2.05) is 30.9 Å². The van der Waals surface area contributed by atoms with Crippen molar-refractivity contribution >= 4 is 21.8 Å². The zero-order valence-electron chi connectivity index (χ0n) is 20.6. The topological polar surface area (TPSA) is 99.3 Å². The monoisotopic (exact) mass is 494 g/mol. The summed E-state index contributed by atoms with van der Waals surface area (Å²) in [6.07, 6.45) is 1.86. The highest BCUT2D eigenvalue weighted by molar-refractivity contribution is 7.89. The number of hydrogen-bond donors (Lipinski definition) is 1. The van der Waals surface area contributed by atoms with Crippen LogP contribution < -0.4 is 5.32 Å². The number of aryl methyl sites for hydroxylation is 2. The van der Waals surface area contributed by atoms with Gasteiger partial charge in [0.2, 0.25) is 21.8 Å². The summed E-state index contributed by atoms with van der Waals surface area (Å²) >= 11 is 0. The van der Waals surface area contributed by atoms with Crippen molar-refractivity contribution < 1.29 is 22.7 Å². The molecule has 190 valence electrons. The molecule has 0 radical (unpaired) electrons. The molecular weight excluding hydrogens is 456 g/mol. The second-order valence-electron chi connectivity index (χ2n) is 9.25. The molecule has 2 aliphatic rings. The second kappa shape index (κ2) is 12.1. The number of nitrogens with one attached hydrogen (secondary N) is 1. The van der Waals surface area contributed by atoms with E-state index >= 15 is 0 Å². The molecule has 0 bridgehead atoms. The molecule has 2 saturated heterocycles. The predicted octanol–water partition coefficient (Wildman–Crippen LogP) is 1.00. The number of carbonyl (C=O) groups is 2. The SMILES string of the molecule is COCCCNC(=O)CN1CCN(C(=O)C2CCN(S(=O)(=O)c3ccc(C)cc3C)CC2)CC1. The Balaban J connectivity index is 1.44. The molecule has 1 aromatic rings. The normalized spacial score (nSPS) is 18.7. The van der Waals surface area contributed by atoms with E-state index in [2.05, 4.69) is 10.2 Å². The summed E-state index contributed by atoms with van der Waals surface area (Å²) in [5.41, 5.74) is 1.78. The highest BCUT2D eigenvalue weighted by atomic mass is 32.2. The minimum Gasteiger partial charge on any atom is -0.385 e. The first-order valence-corrected chi connectivity index (χ1v) is 13.5. The predicted molar refractivity (Wildman–Crippen MR) is 130 cm³/mol. The van der Waals surface area contributed by atoms with Crippen LogP contribution in [-0.2, 0) is 24.3 Å². The van der Waals surface area contributed by atoms with Gasteiger partial charge in [-0.15, -0.1) is 0 Å². The highest BCUT2D eigenvalue weighted by Gasteiger charge is 2.35. The Morgan fingerprint density at radius 1 is 1.06 bits per heavy atom. The van der Waals surface area contributed by atoms with Crippen LogP contribution in [0.15, 0.2) is 23.1 Å². The number of methoxy groups -OCH3 is 1. The van der Waals surface area contributed by atoms with E-state index in [1.165, 1.54) is 4.31 Å². The molecular formula is C24H38N4O5S. The number of nitrogens with zero attached hydrogens (tertiary/aromatic N) is 3. The van der Waals surface area contributed by atoms with Crippen molar-refractivity contribution in [2.45, 2.75) is 38.0 Å². The Morgan fingerprint density at radius 2 is 1.74 bits per heavy atom. The second-order valence-corrected chi connectivity index (χ2v) is 11.2. The van der Waals surface area contributed by atoms with Crippen LogP contribution in [0.4, 0.5) is 0 Å². The van der Waals surface area contributed by atoms with Gasteiger partial charge in [0.25, 0.3) is 0 Å². The third-order valence-electron chi connectivity index (χ3n) is 6.65. The molecule has 2 fully saturated rings. The van der Waals surface area contributed by atoms with Gasteiger partial charge >= 0.3 is 0 Å². The summed E-state index contributed by atoms with van der Waals surface area (Å²) in [7, 11) is -1.92. The molecule has 2 aliphatic heterocycles. The van der Waals surface area contributed by atoms with Crippen LogP contribution >= 0.6 is 0 Å². The van der Waals surface area contributed by atoms with Crippen molar-refractivity contribution in [1.29, 1.82) is 0 Å². The van der Waals surface area contributed by atoms with E-state index in [4.69, 9.17) is 4.74 Å². The third kappa shape index (κ3) is 6.78. The molecule has 3 rings (SSSR count). The standard InChI is InChI=1S/C24H38N4O5S/c1-19-5-6-22(20(2)17-19)34(31,32)28-10-7-21(8-11-28)24(30)27-14-12-26(13-15-27)18-23(29)25-9-4-16-33-3/h5-6,17,21H,4,7-16,18H2,1-3H3,(H,25,29). The Kier molecular flexibility index (Phi) is 9.47. The van der Waals surface area contributed by atoms with E-state index in [1.54, 1.807) is 13.2 Å². The van der Waals surface area contributed by atoms with Crippen molar-refractivity contribution in [1.82, 2.24) is 19.4 Å². The number of piperidine rings is 1. The zero-order chi connectivity index (χ0) is 24.7. The van der Waals surface area contributed by atoms with Crippen LogP contribution in [0.25, 0.3) is 0 Å². The quantitative estimate of drug-likeness (QED) is 0.515. The van der Waals surface area contributed by atoms with Crippen LogP contribution in [-0.4, -0.2) is 100 Å². The van der Waals surface area contributed by atoms with E-state index in [0.717, 1.165) is 17.5 Å². The fourth-order valence-corrected chi connectivity index (χ4v) is 6.33. The number of benzene rings is 1.